The molecular weight excluding hydrogens is 396 g/mol. The first kappa shape index (κ1) is 19.2. The zero-order chi connectivity index (χ0) is 21.4. The number of hydrogen-bond acceptors (Lipinski definition) is 5. The van der Waals surface area contributed by atoms with Crippen LogP contribution in [-0.2, 0) is 4.79 Å². The quantitative estimate of drug-likeness (QED) is 0.520. The number of hydrogen-bond donors (Lipinski definition) is 1. The van der Waals surface area contributed by atoms with Crippen molar-refractivity contribution in [1.82, 2.24) is 4.90 Å². The molecule has 158 valence electrons. The molecule has 1 fully saturated rings. The molecule has 0 spiro atoms. The molecule has 4 aromatic rings. The molecule has 31 heavy (non-hydrogen) atoms. The van der Waals surface area contributed by atoms with Gasteiger partial charge in [-0.15, -0.1) is 0 Å². The number of carbonyl (C=O) groups is 2. The van der Waals surface area contributed by atoms with E-state index in [0.29, 0.717) is 36.5 Å². The Morgan fingerprint density at radius 1 is 1.10 bits per heavy atom. The van der Waals surface area contributed by atoms with Crippen LogP contribution in [-0.4, -0.2) is 36.9 Å². The highest BCUT2D eigenvalue weighted by molar-refractivity contribution is 6.08. The van der Waals surface area contributed by atoms with Gasteiger partial charge in [-0.25, -0.2) is 0 Å². The molecule has 0 aliphatic carbocycles. The summed E-state index contributed by atoms with van der Waals surface area (Å²) in [6, 6.07) is 14.8. The molecule has 0 saturated carbocycles. The molecule has 1 saturated heterocycles. The smallest absolute Gasteiger partial charge is 0.289 e. The normalized spacial score (nSPS) is 16.5. The lowest BCUT2D eigenvalue weighted by molar-refractivity contribution is -0.121. The lowest BCUT2D eigenvalue weighted by Crippen LogP contribution is -2.43. The molecular formula is C24H22N2O5. The van der Waals surface area contributed by atoms with E-state index in [4.69, 9.17) is 13.6 Å². The number of fused-ring (bicyclic) bond motifs is 3. The summed E-state index contributed by atoms with van der Waals surface area (Å²) in [6.07, 6.45) is 2.94. The minimum absolute atomic E-state index is 0.147. The Kier molecular flexibility index (Phi) is 4.86. The van der Waals surface area contributed by atoms with Gasteiger partial charge in [0.25, 0.3) is 5.91 Å². The van der Waals surface area contributed by atoms with Crippen LogP contribution in [0.2, 0.25) is 0 Å². The van der Waals surface area contributed by atoms with E-state index >= 15 is 0 Å². The lowest BCUT2D eigenvalue weighted by Gasteiger charge is -2.31. The number of rotatable bonds is 4. The number of likely N-dealkylation sites (tertiary alicyclic amines) is 1. The van der Waals surface area contributed by atoms with Crippen molar-refractivity contribution in [2.45, 2.75) is 12.8 Å². The topological polar surface area (TPSA) is 84.9 Å². The number of furan rings is 2. The summed E-state index contributed by atoms with van der Waals surface area (Å²) in [4.78, 5) is 27.3. The van der Waals surface area contributed by atoms with Gasteiger partial charge in [-0.3, -0.25) is 9.59 Å². The summed E-state index contributed by atoms with van der Waals surface area (Å²) >= 11 is 0. The monoisotopic (exact) mass is 418 g/mol. The number of benzene rings is 2. The van der Waals surface area contributed by atoms with Crippen molar-refractivity contribution in [1.29, 1.82) is 0 Å². The first-order valence-corrected chi connectivity index (χ1v) is 10.3. The average Bonchev–Trinajstić information content (AvgIpc) is 3.46. The van der Waals surface area contributed by atoms with Crippen molar-refractivity contribution in [3.63, 3.8) is 0 Å². The summed E-state index contributed by atoms with van der Waals surface area (Å²) in [5.41, 5.74) is 2.01. The molecule has 1 atom stereocenters. The van der Waals surface area contributed by atoms with Crippen LogP contribution >= 0.6 is 0 Å². The SMILES string of the molecule is COc1cc2c(cc1NC(=O)[C@@H]1CCCN(C(=O)c3ccco3)C1)oc1ccccc12. The fraction of sp³-hybridized carbons (Fsp3) is 0.250. The van der Waals surface area contributed by atoms with E-state index in [1.54, 1.807) is 30.2 Å². The summed E-state index contributed by atoms with van der Waals surface area (Å²) in [5.74, 6) is 0.197. The molecule has 2 aromatic carbocycles. The minimum atomic E-state index is -0.316. The number of methoxy groups -OCH3 is 1. The van der Waals surface area contributed by atoms with Crippen molar-refractivity contribution in [2.24, 2.45) is 5.92 Å². The van der Waals surface area contributed by atoms with Crippen LogP contribution in [0.4, 0.5) is 5.69 Å². The second-order valence-corrected chi connectivity index (χ2v) is 7.70. The standard InChI is InChI=1S/C24H22N2O5/c1-29-22-12-17-16-7-2-3-8-19(16)31-21(17)13-18(22)25-23(27)15-6-4-10-26(14-15)24(28)20-9-5-11-30-20/h2-3,5,7-9,11-13,15H,4,6,10,14H2,1H3,(H,25,27)/t15-/m1/s1. The van der Waals surface area contributed by atoms with E-state index in [-0.39, 0.29) is 23.5 Å². The molecule has 0 radical (unpaired) electrons. The summed E-state index contributed by atoms with van der Waals surface area (Å²) in [6.45, 7) is 0.956. The third-order valence-corrected chi connectivity index (χ3v) is 5.77. The maximum atomic E-state index is 13.0. The highest BCUT2D eigenvalue weighted by Gasteiger charge is 2.30. The van der Waals surface area contributed by atoms with Gasteiger partial charge in [0, 0.05) is 29.9 Å². The van der Waals surface area contributed by atoms with E-state index in [1.807, 2.05) is 30.3 Å². The van der Waals surface area contributed by atoms with Crippen LogP contribution in [0.5, 0.6) is 5.75 Å². The number of amides is 2. The Labute approximate surface area is 178 Å². The molecule has 1 N–H and O–H groups in total. The number of piperidine rings is 1. The number of nitrogens with one attached hydrogen (secondary N) is 1. The first-order valence-electron chi connectivity index (χ1n) is 10.3. The molecule has 2 aromatic heterocycles. The van der Waals surface area contributed by atoms with E-state index < -0.39 is 0 Å². The Bertz CT molecular complexity index is 1260. The zero-order valence-electron chi connectivity index (χ0n) is 17.1. The van der Waals surface area contributed by atoms with Crippen molar-refractivity contribution < 1.29 is 23.2 Å². The summed E-state index contributed by atoms with van der Waals surface area (Å²) < 4.78 is 16.7. The van der Waals surface area contributed by atoms with E-state index in [0.717, 1.165) is 22.8 Å². The molecule has 0 unspecified atom stereocenters. The lowest BCUT2D eigenvalue weighted by atomic mass is 9.96. The number of nitrogens with zero attached hydrogens (tertiary/aromatic N) is 1. The van der Waals surface area contributed by atoms with Crippen LogP contribution in [0.25, 0.3) is 21.9 Å². The number of carbonyl (C=O) groups excluding carboxylic acids is 2. The average molecular weight is 418 g/mol. The van der Waals surface area contributed by atoms with Crippen LogP contribution in [0.15, 0.2) is 63.6 Å². The highest BCUT2D eigenvalue weighted by atomic mass is 16.5. The fourth-order valence-electron chi connectivity index (χ4n) is 4.18. The molecule has 7 heteroatoms. The third kappa shape index (κ3) is 3.52. The minimum Gasteiger partial charge on any atom is -0.495 e. The van der Waals surface area contributed by atoms with Crippen molar-refractivity contribution in [3.05, 3.63) is 60.6 Å². The van der Waals surface area contributed by atoms with E-state index in [2.05, 4.69) is 5.32 Å². The van der Waals surface area contributed by atoms with E-state index in [9.17, 15) is 9.59 Å². The number of anilines is 1. The van der Waals surface area contributed by atoms with Gasteiger partial charge in [0.05, 0.1) is 25.0 Å². The van der Waals surface area contributed by atoms with Gasteiger partial charge in [-0.2, -0.15) is 0 Å². The second kappa shape index (κ2) is 7.83. The second-order valence-electron chi connectivity index (χ2n) is 7.70. The van der Waals surface area contributed by atoms with Crippen molar-refractivity contribution >= 4 is 39.4 Å². The van der Waals surface area contributed by atoms with Gasteiger partial charge in [0.15, 0.2) is 5.76 Å². The maximum absolute atomic E-state index is 13.0. The van der Waals surface area contributed by atoms with Crippen LogP contribution in [0.1, 0.15) is 23.4 Å². The number of ether oxygens (including phenoxy) is 1. The molecule has 7 nitrogen and oxygen atoms in total. The van der Waals surface area contributed by atoms with Crippen LogP contribution < -0.4 is 10.1 Å². The van der Waals surface area contributed by atoms with Gasteiger partial charge in [-0.1, -0.05) is 18.2 Å². The molecule has 2 amide bonds. The fourth-order valence-corrected chi connectivity index (χ4v) is 4.18. The summed E-state index contributed by atoms with van der Waals surface area (Å²) in [5, 5.41) is 4.90. The molecule has 1 aliphatic heterocycles. The van der Waals surface area contributed by atoms with Crippen molar-refractivity contribution in [3.8, 4) is 5.75 Å². The van der Waals surface area contributed by atoms with Gasteiger partial charge in [-0.05, 0) is 37.1 Å². The number of para-hydroxylation sites is 1. The van der Waals surface area contributed by atoms with Crippen LogP contribution in [0, 0.1) is 5.92 Å². The predicted octanol–water partition coefficient (Wildman–Crippen LogP) is 4.68. The molecule has 5 rings (SSSR count). The molecule has 3 heterocycles. The zero-order valence-corrected chi connectivity index (χ0v) is 17.1. The first-order chi connectivity index (χ1) is 15.1. The highest BCUT2D eigenvalue weighted by Crippen LogP contribution is 2.36. The molecule has 0 bridgehead atoms. The molecule has 1 aliphatic rings. The maximum Gasteiger partial charge on any atom is 0.289 e. The Morgan fingerprint density at radius 2 is 1.97 bits per heavy atom. The predicted molar refractivity (Wildman–Crippen MR) is 116 cm³/mol. The van der Waals surface area contributed by atoms with Crippen molar-refractivity contribution in [2.75, 3.05) is 25.5 Å². The van der Waals surface area contributed by atoms with E-state index in [1.165, 1.54) is 6.26 Å². The third-order valence-electron chi connectivity index (χ3n) is 5.77. The Morgan fingerprint density at radius 3 is 2.77 bits per heavy atom. The van der Waals surface area contributed by atoms with Gasteiger partial charge >= 0.3 is 0 Å². The van der Waals surface area contributed by atoms with Gasteiger partial charge in [0.2, 0.25) is 5.91 Å². The van der Waals surface area contributed by atoms with Crippen LogP contribution in [0.3, 0.4) is 0 Å². The Balaban J connectivity index is 1.38. The van der Waals surface area contributed by atoms with Gasteiger partial charge < -0.3 is 23.8 Å². The Hall–Kier alpha value is -3.74. The largest absolute Gasteiger partial charge is 0.495 e. The van der Waals surface area contributed by atoms with Gasteiger partial charge in [0.1, 0.15) is 16.9 Å². The summed E-state index contributed by atoms with van der Waals surface area (Å²) in [7, 11) is 1.57.